The molecule has 0 saturated carbocycles. The zero-order valence-electron chi connectivity index (χ0n) is 21.5. The van der Waals surface area contributed by atoms with Crippen LogP contribution >= 0.6 is 15.9 Å². The van der Waals surface area contributed by atoms with Crippen molar-refractivity contribution in [2.75, 3.05) is 24.8 Å². The molecule has 0 aromatic carbocycles. The van der Waals surface area contributed by atoms with E-state index >= 15 is 0 Å². The Morgan fingerprint density at radius 1 is 1.00 bits per heavy atom. The van der Waals surface area contributed by atoms with Crippen LogP contribution in [0.3, 0.4) is 0 Å². The van der Waals surface area contributed by atoms with Gasteiger partial charge in [0.05, 0.1) is 14.8 Å². The van der Waals surface area contributed by atoms with Gasteiger partial charge in [0, 0.05) is 21.0 Å². The Labute approximate surface area is 152 Å². The Balaban J connectivity index is 0. The number of alkyl halides is 1. The first kappa shape index (κ1) is 11.5. The third-order valence-electron chi connectivity index (χ3n) is 1.23. The molecule has 0 bridgehead atoms. The van der Waals surface area contributed by atoms with Crippen LogP contribution < -0.4 is 10.6 Å². The minimum absolute atomic E-state index is 0.751. The Kier molecular flexibility index (Phi) is 6.03. The van der Waals surface area contributed by atoms with Gasteiger partial charge in [-0.2, -0.15) is 0 Å². The Morgan fingerprint density at radius 3 is 1.64 bits per heavy atom. The number of amides is 2. The largest absolute Gasteiger partial charge is 0.444 e. The summed E-state index contributed by atoms with van der Waals surface area (Å²) in [5, 5.41) is 9.82. The molecule has 0 radical (unpaired) electrons. The summed E-state index contributed by atoms with van der Waals surface area (Å²) >= 11 is 2.50. The molecule has 0 unspecified atom stereocenters. The van der Waals surface area contributed by atoms with Crippen molar-refractivity contribution in [3.05, 3.63) is 0 Å². The highest BCUT2D eigenvalue weighted by atomic mass is 79.9. The number of halogens is 1. The number of alkyl carbamates (subject to hydrolysis) is 2. The second-order valence-corrected chi connectivity index (χ2v) is 6.11. The maximum absolute atomic E-state index is 11.2. The van der Waals surface area contributed by atoms with Crippen molar-refractivity contribution in [1.29, 1.82) is 0 Å². The molecule has 0 heterocycles. The average molecular weight is 393 g/mol. The molecular weight excluding hydrogens is 356 g/mol. The van der Waals surface area contributed by atoms with Gasteiger partial charge in [0.1, 0.15) is 11.2 Å². The number of carbonyl (C=O) groups is 2. The lowest BCUT2D eigenvalue weighted by atomic mass is 10.2. The fourth-order valence-corrected chi connectivity index (χ4v) is 0.860. The van der Waals surface area contributed by atoms with Crippen LogP contribution in [-0.2, 0) is 9.47 Å². The monoisotopic (exact) mass is 392 g/mol. The lowest BCUT2D eigenvalue weighted by Gasteiger charge is -2.19. The van der Waals surface area contributed by atoms with Crippen molar-refractivity contribution in [3.63, 3.8) is 0 Å². The highest BCUT2D eigenvalue weighted by Crippen LogP contribution is 2.06. The molecular formula is C14H29BrN2O5. The molecule has 0 aliphatic heterocycles. The molecule has 0 fully saturated rings. The smallest absolute Gasteiger partial charge is 0.407 e. The van der Waals surface area contributed by atoms with Crippen molar-refractivity contribution < 1.29 is 35.1 Å². The normalized spacial score (nSPS) is 18.9. The standard InChI is InChI=1S/C7H14BrNO2.C7H15NO3/c1-7(2,3)11-6(10)9-5-4-8;1-7(2,3)11-6(10)8-4-5-9/h4-5H2,1-3H3,(H,9,10);9H,4-5H2,1-3H3,(H,8,10)/i2*4D2,5D2. The number of hydrogen-bond acceptors (Lipinski definition) is 5. The molecule has 0 aliphatic rings. The summed E-state index contributed by atoms with van der Waals surface area (Å²) in [7, 11) is 0. The lowest BCUT2D eigenvalue weighted by molar-refractivity contribution is 0.0511. The molecule has 3 N–H and O–H groups in total. The summed E-state index contributed by atoms with van der Waals surface area (Å²) in [6, 6.07) is 0. The van der Waals surface area contributed by atoms with Crippen molar-refractivity contribution in [2.45, 2.75) is 52.7 Å². The van der Waals surface area contributed by atoms with Gasteiger partial charge in [-0.3, -0.25) is 0 Å². The van der Waals surface area contributed by atoms with E-state index in [9.17, 15) is 9.59 Å². The van der Waals surface area contributed by atoms with Gasteiger partial charge < -0.3 is 25.2 Å². The van der Waals surface area contributed by atoms with Gasteiger partial charge in [-0.05, 0) is 41.5 Å². The van der Waals surface area contributed by atoms with E-state index in [1.54, 1.807) is 52.2 Å². The van der Waals surface area contributed by atoms with Crippen LogP contribution in [0.2, 0.25) is 0 Å². The van der Waals surface area contributed by atoms with E-state index in [4.69, 9.17) is 25.5 Å². The topological polar surface area (TPSA) is 96.9 Å². The predicted octanol–water partition coefficient (Wildman–Crippen LogP) is 2.41. The maximum Gasteiger partial charge on any atom is 0.407 e. The molecule has 132 valence electrons. The van der Waals surface area contributed by atoms with Gasteiger partial charge in [0.25, 0.3) is 0 Å². The fraction of sp³-hybridized carbons (Fsp3) is 0.857. The second-order valence-electron chi connectivity index (χ2n) is 5.71. The average Bonchev–Trinajstić information content (AvgIpc) is 2.29. The van der Waals surface area contributed by atoms with E-state index in [1.807, 2.05) is 0 Å². The number of aliphatic hydroxyl groups is 1. The van der Waals surface area contributed by atoms with Gasteiger partial charge in [0.15, 0.2) is 0 Å². The Bertz CT molecular complexity index is 543. The predicted molar refractivity (Wildman–Crippen MR) is 89.4 cm³/mol. The van der Waals surface area contributed by atoms with Crippen LogP contribution in [0.15, 0.2) is 0 Å². The third-order valence-corrected chi connectivity index (χ3v) is 1.43. The van der Waals surface area contributed by atoms with Gasteiger partial charge in [0.2, 0.25) is 0 Å². The summed E-state index contributed by atoms with van der Waals surface area (Å²) < 4.78 is 65.7. The molecule has 0 saturated heterocycles. The van der Waals surface area contributed by atoms with Gasteiger partial charge in [-0.15, -0.1) is 0 Å². The first-order valence-corrected chi connectivity index (χ1v) is 6.93. The van der Waals surface area contributed by atoms with Gasteiger partial charge in [-0.1, -0.05) is 15.9 Å². The molecule has 0 aliphatic carbocycles. The van der Waals surface area contributed by atoms with E-state index in [-0.39, 0.29) is 0 Å². The zero-order chi connectivity index (χ0) is 25.0. The number of ether oxygens (including phenoxy) is 2. The Hall–Kier alpha value is -1.02. The van der Waals surface area contributed by atoms with Crippen molar-refractivity contribution in [1.82, 2.24) is 10.6 Å². The lowest BCUT2D eigenvalue weighted by Crippen LogP contribution is -2.33. The summed E-state index contributed by atoms with van der Waals surface area (Å²) in [4.78, 5) is 22.2. The zero-order valence-corrected chi connectivity index (χ0v) is 15.0. The molecule has 0 atom stereocenters. The van der Waals surface area contributed by atoms with E-state index in [2.05, 4.69) is 15.9 Å². The van der Waals surface area contributed by atoms with E-state index < -0.39 is 48.2 Å². The number of hydrogen-bond donors (Lipinski definition) is 3. The minimum atomic E-state index is -3.18. The van der Waals surface area contributed by atoms with E-state index in [0.29, 0.717) is 0 Å². The number of carbonyl (C=O) groups excluding carboxylic acids is 2. The molecule has 0 spiro atoms. The highest BCUT2D eigenvalue weighted by Gasteiger charge is 2.15. The van der Waals surface area contributed by atoms with Crippen molar-refractivity contribution in [3.8, 4) is 0 Å². The van der Waals surface area contributed by atoms with Crippen LogP contribution in [0.1, 0.15) is 52.5 Å². The summed E-state index contributed by atoms with van der Waals surface area (Å²) in [5.41, 5.74) is -1.57. The Morgan fingerprint density at radius 2 is 1.36 bits per heavy atom. The van der Waals surface area contributed by atoms with Crippen molar-refractivity contribution >= 4 is 28.1 Å². The molecule has 2 amide bonds. The molecule has 0 aromatic heterocycles. The maximum atomic E-state index is 11.2. The molecule has 7 nitrogen and oxygen atoms in total. The van der Waals surface area contributed by atoms with Crippen LogP contribution in [0.5, 0.6) is 0 Å². The van der Waals surface area contributed by atoms with Crippen LogP contribution in [0, 0.1) is 0 Å². The minimum Gasteiger partial charge on any atom is -0.444 e. The van der Waals surface area contributed by atoms with E-state index in [1.165, 1.54) is 0 Å². The van der Waals surface area contributed by atoms with Crippen LogP contribution in [0.25, 0.3) is 0 Å². The van der Waals surface area contributed by atoms with E-state index in [0.717, 1.165) is 0 Å². The summed E-state index contributed by atoms with van der Waals surface area (Å²) in [6.07, 6.45) is -2.14. The molecule has 0 aromatic rings. The molecule has 0 rings (SSSR count). The second kappa shape index (κ2) is 11.5. The first-order chi connectivity index (χ1) is 12.7. The fourth-order valence-electron chi connectivity index (χ4n) is 0.761. The number of rotatable bonds is 4. The summed E-state index contributed by atoms with van der Waals surface area (Å²) in [5.74, 6) is 0. The SMILES string of the molecule is [2H]C([2H])(Br)C([2H])([2H])NC(=O)OC(C)(C)C.[2H]C([2H])(O)C([2H])([2H])NC(=O)OC(C)(C)C. The first-order valence-electron chi connectivity index (χ1n) is 10.1. The van der Waals surface area contributed by atoms with Crippen LogP contribution in [0.4, 0.5) is 9.59 Å². The van der Waals surface area contributed by atoms with Crippen molar-refractivity contribution in [2.24, 2.45) is 0 Å². The quantitative estimate of drug-likeness (QED) is 0.638. The van der Waals surface area contributed by atoms with Crippen LogP contribution in [-0.4, -0.2) is 53.3 Å². The number of nitrogens with one attached hydrogen (secondary N) is 2. The highest BCUT2D eigenvalue weighted by molar-refractivity contribution is 9.09. The summed E-state index contributed by atoms with van der Waals surface area (Å²) in [6.45, 7) is 0.997. The third kappa shape index (κ3) is 21.3. The van der Waals surface area contributed by atoms with Gasteiger partial charge >= 0.3 is 12.2 Å². The molecule has 22 heavy (non-hydrogen) atoms. The van der Waals surface area contributed by atoms with Gasteiger partial charge in [-0.25, -0.2) is 9.59 Å². The molecule has 8 heteroatoms.